The maximum Gasteiger partial charge on any atom is 0.333 e. The van der Waals surface area contributed by atoms with Gasteiger partial charge in [-0.1, -0.05) is 45.3 Å². The summed E-state index contributed by atoms with van der Waals surface area (Å²) in [7, 11) is 0. The van der Waals surface area contributed by atoms with E-state index in [0.29, 0.717) is 24.0 Å². The lowest BCUT2D eigenvalue weighted by Gasteiger charge is -2.21. The summed E-state index contributed by atoms with van der Waals surface area (Å²) in [4.78, 5) is 12.2. The first-order valence-corrected chi connectivity index (χ1v) is 10.8. The monoisotopic (exact) mass is 388 g/mol. The number of carbonyl (C=O) groups is 1. The Labute approximate surface area is 173 Å². The minimum atomic E-state index is -0.456. The zero-order chi connectivity index (χ0) is 21.4. The first-order valence-electron chi connectivity index (χ1n) is 10.8. The van der Waals surface area contributed by atoms with Crippen molar-refractivity contribution in [3.8, 4) is 11.8 Å². The molecule has 158 valence electrons. The largest absolute Gasteiger partial charge is 0.497 e. The highest BCUT2D eigenvalue weighted by Crippen LogP contribution is 2.62. The molecule has 3 atom stereocenters. The van der Waals surface area contributed by atoms with Crippen molar-refractivity contribution >= 4 is 5.97 Å². The lowest BCUT2D eigenvalue weighted by Crippen LogP contribution is -2.24. The summed E-state index contributed by atoms with van der Waals surface area (Å²) in [6.07, 6.45) is 8.16. The van der Waals surface area contributed by atoms with Gasteiger partial charge in [0.2, 0.25) is 0 Å². The van der Waals surface area contributed by atoms with Gasteiger partial charge in [-0.3, -0.25) is 0 Å². The van der Waals surface area contributed by atoms with Crippen LogP contribution >= 0.6 is 0 Å². The van der Waals surface area contributed by atoms with E-state index < -0.39 is 5.60 Å². The van der Waals surface area contributed by atoms with Crippen LogP contribution in [0.25, 0.3) is 0 Å². The molecule has 0 aromatic carbocycles. The maximum atomic E-state index is 12.2. The Morgan fingerprint density at radius 1 is 1.29 bits per heavy atom. The van der Waals surface area contributed by atoms with Crippen LogP contribution < -0.4 is 0 Å². The summed E-state index contributed by atoms with van der Waals surface area (Å²) < 4.78 is 11.2. The van der Waals surface area contributed by atoms with Crippen LogP contribution in [0.2, 0.25) is 0 Å². The van der Waals surface area contributed by atoms with E-state index in [0.717, 1.165) is 37.9 Å². The van der Waals surface area contributed by atoms with E-state index in [9.17, 15) is 4.79 Å². The van der Waals surface area contributed by atoms with Gasteiger partial charge < -0.3 is 9.47 Å². The fourth-order valence-corrected chi connectivity index (χ4v) is 3.81. The molecular weight excluding hydrogens is 348 g/mol. The van der Waals surface area contributed by atoms with E-state index in [-0.39, 0.29) is 11.4 Å². The SMILES string of the molecule is C=C(OCC)C1(C#CCC)CC1C(CCC)CCC=C(C)C(=O)OC(C)(C)C. The van der Waals surface area contributed by atoms with E-state index in [1.807, 2.05) is 40.7 Å². The second kappa shape index (κ2) is 10.7. The Hall–Kier alpha value is -1.69. The molecule has 0 heterocycles. The van der Waals surface area contributed by atoms with Gasteiger partial charge in [0.05, 0.1) is 12.0 Å². The summed E-state index contributed by atoms with van der Waals surface area (Å²) in [6.45, 7) is 18.7. The van der Waals surface area contributed by atoms with Gasteiger partial charge in [0, 0.05) is 12.0 Å². The molecule has 0 amide bonds. The molecule has 3 heteroatoms. The van der Waals surface area contributed by atoms with Crippen LogP contribution in [0.15, 0.2) is 24.0 Å². The van der Waals surface area contributed by atoms with E-state index >= 15 is 0 Å². The van der Waals surface area contributed by atoms with Crippen molar-refractivity contribution in [2.24, 2.45) is 17.3 Å². The number of hydrogen-bond acceptors (Lipinski definition) is 3. The number of hydrogen-bond donors (Lipinski definition) is 0. The molecule has 0 aromatic rings. The van der Waals surface area contributed by atoms with Crippen LogP contribution in [0.1, 0.15) is 87.0 Å². The Morgan fingerprint density at radius 3 is 2.50 bits per heavy atom. The molecular formula is C25H40O3. The zero-order valence-corrected chi connectivity index (χ0v) is 19.1. The maximum absolute atomic E-state index is 12.2. The lowest BCUT2D eigenvalue weighted by molar-refractivity contribution is -0.149. The van der Waals surface area contributed by atoms with Crippen LogP contribution in [-0.4, -0.2) is 18.2 Å². The van der Waals surface area contributed by atoms with Crippen molar-refractivity contribution in [2.75, 3.05) is 6.61 Å². The normalized spacial score (nSPS) is 22.7. The van der Waals surface area contributed by atoms with Crippen molar-refractivity contribution in [1.82, 2.24) is 0 Å². The molecule has 0 radical (unpaired) electrons. The first-order chi connectivity index (χ1) is 13.1. The number of allylic oxidation sites excluding steroid dienone is 2. The Balaban J connectivity index is 2.79. The summed E-state index contributed by atoms with van der Waals surface area (Å²) in [5, 5.41) is 0. The van der Waals surface area contributed by atoms with Crippen molar-refractivity contribution in [3.63, 3.8) is 0 Å². The highest BCUT2D eigenvalue weighted by atomic mass is 16.6. The smallest absolute Gasteiger partial charge is 0.333 e. The van der Waals surface area contributed by atoms with Gasteiger partial charge in [0.25, 0.3) is 0 Å². The zero-order valence-electron chi connectivity index (χ0n) is 19.1. The van der Waals surface area contributed by atoms with Crippen LogP contribution in [0.5, 0.6) is 0 Å². The third kappa shape index (κ3) is 7.04. The molecule has 1 fully saturated rings. The van der Waals surface area contributed by atoms with Gasteiger partial charge in [0.1, 0.15) is 11.4 Å². The van der Waals surface area contributed by atoms with Gasteiger partial charge in [-0.2, -0.15) is 0 Å². The fraction of sp³-hybridized carbons (Fsp3) is 0.720. The highest BCUT2D eigenvalue weighted by Gasteiger charge is 2.59. The molecule has 0 saturated heterocycles. The average molecular weight is 389 g/mol. The number of rotatable bonds is 10. The van der Waals surface area contributed by atoms with Gasteiger partial charge in [-0.05, 0) is 65.7 Å². The lowest BCUT2D eigenvalue weighted by atomic mass is 9.87. The third-order valence-electron chi connectivity index (χ3n) is 5.26. The summed E-state index contributed by atoms with van der Waals surface area (Å²) in [6, 6.07) is 0. The molecule has 1 aliphatic carbocycles. The minimum absolute atomic E-state index is 0.171. The molecule has 0 N–H and O–H groups in total. The van der Waals surface area contributed by atoms with Crippen molar-refractivity contribution < 1.29 is 14.3 Å². The van der Waals surface area contributed by atoms with Gasteiger partial charge >= 0.3 is 5.97 Å². The minimum Gasteiger partial charge on any atom is -0.497 e. The molecule has 0 spiro atoms. The highest BCUT2D eigenvalue weighted by molar-refractivity contribution is 5.87. The van der Waals surface area contributed by atoms with Crippen LogP contribution in [0, 0.1) is 29.1 Å². The molecule has 3 nitrogen and oxygen atoms in total. The molecule has 1 rings (SSSR count). The third-order valence-corrected chi connectivity index (χ3v) is 5.26. The molecule has 0 aliphatic heterocycles. The average Bonchev–Trinajstić information content (AvgIpc) is 3.33. The van der Waals surface area contributed by atoms with E-state index in [1.165, 1.54) is 6.42 Å². The quantitative estimate of drug-likeness (QED) is 0.187. The molecule has 28 heavy (non-hydrogen) atoms. The number of esters is 1. The summed E-state index contributed by atoms with van der Waals surface area (Å²) in [5.74, 6) is 8.42. The van der Waals surface area contributed by atoms with Crippen molar-refractivity contribution in [1.29, 1.82) is 0 Å². The number of carbonyl (C=O) groups excluding carboxylic acids is 1. The van der Waals surface area contributed by atoms with E-state index in [4.69, 9.17) is 9.47 Å². The Kier molecular flexibility index (Phi) is 9.34. The molecule has 0 aromatic heterocycles. The van der Waals surface area contributed by atoms with E-state index in [2.05, 4.69) is 32.3 Å². The second-order valence-corrected chi connectivity index (χ2v) is 8.81. The van der Waals surface area contributed by atoms with Gasteiger partial charge in [0.15, 0.2) is 0 Å². The molecule has 1 saturated carbocycles. The van der Waals surface area contributed by atoms with Crippen LogP contribution in [0.3, 0.4) is 0 Å². The second-order valence-electron chi connectivity index (χ2n) is 8.81. The first kappa shape index (κ1) is 24.3. The predicted octanol–water partition coefficient (Wildman–Crippen LogP) is 6.44. The Bertz CT molecular complexity index is 626. The van der Waals surface area contributed by atoms with E-state index in [1.54, 1.807) is 0 Å². The fourth-order valence-electron chi connectivity index (χ4n) is 3.81. The topological polar surface area (TPSA) is 35.5 Å². The molecule has 3 unspecified atom stereocenters. The standard InChI is InChI=1S/C25H40O3/c1-9-12-17-25(20(5)27-11-3)18-22(25)21(14-10-2)16-13-15-19(4)23(26)28-24(6,7)8/h15,21-22H,5,9-11,13-14,16,18H2,1-4,6-8H3. The summed E-state index contributed by atoms with van der Waals surface area (Å²) in [5.41, 5.74) is 0.0643. The number of ether oxygens (including phenoxy) is 2. The molecule has 1 aliphatic rings. The van der Waals surface area contributed by atoms with Crippen LogP contribution in [-0.2, 0) is 14.3 Å². The van der Waals surface area contributed by atoms with Gasteiger partial charge in [-0.15, -0.1) is 5.92 Å². The van der Waals surface area contributed by atoms with Crippen LogP contribution in [0.4, 0.5) is 0 Å². The Morgan fingerprint density at radius 2 is 1.96 bits per heavy atom. The predicted molar refractivity (Wildman–Crippen MR) is 117 cm³/mol. The summed E-state index contributed by atoms with van der Waals surface area (Å²) >= 11 is 0. The van der Waals surface area contributed by atoms with Crippen molar-refractivity contribution in [3.05, 3.63) is 24.0 Å². The van der Waals surface area contributed by atoms with Gasteiger partial charge in [-0.25, -0.2) is 4.79 Å². The molecule has 0 bridgehead atoms. The van der Waals surface area contributed by atoms with Crippen molar-refractivity contribution in [2.45, 2.75) is 92.6 Å².